The van der Waals surface area contributed by atoms with Crippen LogP contribution in [-0.4, -0.2) is 39.1 Å². The van der Waals surface area contributed by atoms with E-state index in [1.807, 2.05) is 30.9 Å². The zero-order valence-corrected chi connectivity index (χ0v) is 11.3. The first-order chi connectivity index (χ1) is 9.13. The van der Waals surface area contributed by atoms with Gasteiger partial charge in [0.05, 0.1) is 12.3 Å². The van der Waals surface area contributed by atoms with Crippen molar-refractivity contribution in [2.45, 2.75) is 20.4 Å². The number of aromatic nitrogens is 2. The molecule has 0 aromatic carbocycles. The minimum absolute atomic E-state index is 0.0660. The number of hydrogen-bond donors (Lipinski definition) is 1. The van der Waals surface area contributed by atoms with Gasteiger partial charge in [-0.15, -0.1) is 0 Å². The predicted octanol–water partition coefficient (Wildman–Crippen LogP) is 0.817. The van der Waals surface area contributed by atoms with Crippen LogP contribution in [0.2, 0.25) is 0 Å². The zero-order valence-electron chi connectivity index (χ0n) is 11.3. The lowest BCUT2D eigenvalue weighted by molar-refractivity contribution is 0.195. The number of pyridine rings is 1. The molecule has 0 fully saturated rings. The maximum absolute atomic E-state index is 12.0. The number of aliphatic hydroxyl groups is 1. The summed E-state index contributed by atoms with van der Waals surface area (Å²) < 4.78 is 1.56. The summed E-state index contributed by atoms with van der Waals surface area (Å²) in [5.74, 6) is 0. The van der Waals surface area contributed by atoms with E-state index in [1.165, 1.54) is 0 Å². The van der Waals surface area contributed by atoms with E-state index in [-0.39, 0.29) is 12.2 Å². The number of hydrogen-bond acceptors (Lipinski definition) is 4. The largest absolute Gasteiger partial charge is 0.395 e. The SMILES string of the molecule is CCN(CCO)Cc1cc(=O)n2cc(C)ccc2n1. The first-order valence-electron chi connectivity index (χ1n) is 6.46. The molecule has 0 saturated heterocycles. The molecule has 2 aromatic rings. The molecular formula is C14H19N3O2. The molecule has 2 heterocycles. The van der Waals surface area contributed by atoms with Gasteiger partial charge in [-0.1, -0.05) is 13.0 Å². The van der Waals surface area contributed by atoms with Gasteiger partial charge in [0, 0.05) is 25.4 Å². The highest BCUT2D eigenvalue weighted by atomic mass is 16.3. The molecule has 0 atom stereocenters. The van der Waals surface area contributed by atoms with E-state index < -0.39 is 0 Å². The number of aliphatic hydroxyl groups excluding tert-OH is 1. The number of nitrogens with zero attached hydrogens (tertiary/aromatic N) is 3. The van der Waals surface area contributed by atoms with Crippen molar-refractivity contribution in [3.8, 4) is 0 Å². The van der Waals surface area contributed by atoms with E-state index >= 15 is 0 Å². The molecule has 2 aromatic heterocycles. The molecule has 0 saturated carbocycles. The number of aryl methyl sites for hydroxylation is 1. The quantitative estimate of drug-likeness (QED) is 0.865. The molecule has 102 valence electrons. The van der Waals surface area contributed by atoms with Crippen LogP contribution in [0, 0.1) is 6.92 Å². The fourth-order valence-electron chi connectivity index (χ4n) is 2.06. The van der Waals surface area contributed by atoms with Crippen LogP contribution in [0.25, 0.3) is 5.65 Å². The first-order valence-corrected chi connectivity index (χ1v) is 6.46. The van der Waals surface area contributed by atoms with Gasteiger partial charge in [0.15, 0.2) is 0 Å². The molecule has 0 aliphatic rings. The van der Waals surface area contributed by atoms with E-state index in [9.17, 15) is 4.79 Å². The normalized spacial score (nSPS) is 11.4. The van der Waals surface area contributed by atoms with Gasteiger partial charge in [-0.05, 0) is 25.1 Å². The fraction of sp³-hybridized carbons (Fsp3) is 0.429. The highest BCUT2D eigenvalue weighted by Gasteiger charge is 2.07. The average molecular weight is 261 g/mol. The van der Waals surface area contributed by atoms with Crippen LogP contribution >= 0.6 is 0 Å². The molecule has 0 radical (unpaired) electrons. The summed E-state index contributed by atoms with van der Waals surface area (Å²) in [5.41, 5.74) is 2.36. The standard InChI is InChI=1S/C14H19N3O2/c1-3-16(6-7-18)10-12-8-14(19)17-9-11(2)4-5-13(17)15-12/h4-5,8-9,18H,3,6-7,10H2,1-2H3. The smallest absolute Gasteiger partial charge is 0.258 e. The number of rotatable bonds is 5. The molecule has 0 aliphatic carbocycles. The minimum atomic E-state index is -0.0660. The first kappa shape index (κ1) is 13.7. The van der Waals surface area contributed by atoms with Crippen LogP contribution in [0.4, 0.5) is 0 Å². The predicted molar refractivity (Wildman–Crippen MR) is 74.2 cm³/mol. The van der Waals surface area contributed by atoms with E-state index in [0.29, 0.717) is 18.7 Å². The van der Waals surface area contributed by atoms with Gasteiger partial charge in [0.2, 0.25) is 0 Å². The fourth-order valence-corrected chi connectivity index (χ4v) is 2.06. The van der Waals surface area contributed by atoms with Crippen LogP contribution in [0.5, 0.6) is 0 Å². The lowest BCUT2D eigenvalue weighted by Gasteiger charge is -2.18. The molecule has 0 bridgehead atoms. The van der Waals surface area contributed by atoms with Crippen molar-refractivity contribution in [1.82, 2.24) is 14.3 Å². The van der Waals surface area contributed by atoms with Crippen molar-refractivity contribution >= 4 is 5.65 Å². The van der Waals surface area contributed by atoms with Crippen molar-refractivity contribution in [2.24, 2.45) is 0 Å². The number of likely N-dealkylation sites (N-methyl/N-ethyl adjacent to an activating group) is 1. The second kappa shape index (κ2) is 5.95. The molecular weight excluding hydrogens is 242 g/mol. The second-order valence-corrected chi connectivity index (χ2v) is 4.61. The van der Waals surface area contributed by atoms with Crippen LogP contribution in [0.3, 0.4) is 0 Å². The van der Waals surface area contributed by atoms with Gasteiger partial charge in [0.1, 0.15) is 5.65 Å². The summed E-state index contributed by atoms with van der Waals surface area (Å²) in [7, 11) is 0. The summed E-state index contributed by atoms with van der Waals surface area (Å²) in [4.78, 5) is 18.6. The van der Waals surface area contributed by atoms with Crippen LogP contribution in [-0.2, 0) is 6.54 Å². The molecule has 0 spiro atoms. The van der Waals surface area contributed by atoms with Crippen molar-refractivity contribution in [1.29, 1.82) is 0 Å². The van der Waals surface area contributed by atoms with E-state index in [2.05, 4.69) is 4.98 Å². The highest BCUT2D eigenvalue weighted by molar-refractivity contribution is 5.39. The Morgan fingerprint density at radius 2 is 2.21 bits per heavy atom. The Morgan fingerprint density at radius 3 is 2.89 bits per heavy atom. The minimum Gasteiger partial charge on any atom is -0.395 e. The molecule has 5 heteroatoms. The maximum atomic E-state index is 12.0. The van der Waals surface area contributed by atoms with Gasteiger partial charge >= 0.3 is 0 Å². The molecule has 1 N–H and O–H groups in total. The van der Waals surface area contributed by atoms with Crippen molar-refractivity contribution in [3.05, 3.63) is 46.0 Å². The van der Waals surface area contributed by atoms with E-state index in [1.54, 1.807) is 16.7 Å². The van der Waals surface area contributed by atoms with E-state index in [0.717, 1.165) is 17.8 Å². The third-order valence-corrected chi connectivity index (χ3v) is 3.11. The molecule has 2 rings (SSSR count). The van der Waals surface area contributed by atoms with Crippen molar-refractivity contribution < 1.29 is 5.11 Å². The van der Waals surface area contributed by atoms with Gasteiger partial charge in [0.25, 0.3) is 5.56 Å². The summed E-state index contributed by atoms with van der Waals surface area (Å²) >= 11 is 0. The van der Waals surface area contributed by atoms with Gasteiger partial charge < -0.3 is 5.11 Å². The highest BCUT2D eigenvalue weighted by Crippen LogP contribution is 2.04. The lowest BCUT2D eigenvalue weighted by atomic mass is 10.3. The van der Waals surface area contributed by atoms with Gasteiger partial charge in [-0.3, -0.25) is 14.1 Å². The molecule has 0 aliphatic heterocycles. The summed E-state index contributed by atoms with van der Waals surface area (Å²) in [6, 6.07) is 5.35. The maximum Gasteiger partial charge on any atom is 0.258 e. The van der Waals surface area contributed by atoms with Gasteiger partial charge in [-0.2, -0.15) is 0 Å². The van der Waals surface area contributed by atoms with E-state index in [4.69, 9.17) is 5.11 Å². The van der Waals surface area contributed by atoms with Crippen molar-refractivity contribution in [3.63, 3.8) is 0 Å². The van der Waals surface area contributed by atoms with Crippen LogP contribution in [0.15, 0.2) is 29.2 Å². The third kappa shape index (κ3) is 3.19. The Labute approximate surface area is 112 Å². The summed E-state index contributed by atoms with van der Waals surface area (Å²) in [5, 5.41) is 8.97. The summed E-state index contributed by atoms with van der Waals surface area (Å²) in [6.45, 7) is 6.06. The lowest BCUT2D eigenvalue weighted by Crippen LogP contribution is -2.28. The molecule has 5 nitrogen and oxygen atoms in total. The summed E-state index contributed by atoms with van der Waals surface area (Å²) in [6.07, 6.45) is 1.79. The monoisotopic (exact) mass is 261 g/mol. The Kier molecular flexibility index (Phi) is 4.29. The van der Waals surface area contributed by atoms with Crippen LogP contribution < -0.4 is 5.56 Å². The second-order valence-electron chi connectivity index (χ2n) is 4.61. The van der Waals surface area contributed by atoms with Crippen molar-refractivity contribution in [2.75, 3.05) is 19.7 Å². The Hall–Kier alpha value is -1.72. The Morgan fingerprint density at radius 1 is 1.42 bits per heavy atom. The topological polar surface area (TPSA) is 57.8 Å². The average Bonchev–Trinajstić information content (AvgIpc) is 2.39. The third-order valence-electron chi connectivity index (χ3n) is 3.11. The molecule has 19 heavy (non-hydrogen) atoms. The molecule has 0 amide bonds. The Balaban J connectivity index is 2.35. The zero-order chi connectivity index (χ0) is 13.8. The van der Waals surface area contributed by atoms with Gasteiger partial charge in [-0.25, -0.2) is 4.98 Å². The Bertz CT molecular complexity index is 622. The molecule has 0 unspecified atom stereocenters. The number of fused-ring (bicyclic) bond motifs is 1. The van der Waals surface area contributed by atoms with Crippen LogP contribution in [0.1, 0.15) is 18.2 Å².